The second-order valence-corrected chi connectivity index (χ2v) is 4.29. The van der Waals surface area contributed by atoms with Crippen LogP contribution in [0.3, 0.4) is 0 Å². The highest BCUT2D eigenvalue weighted by Crippen LogP contribution is 2.17. The minimum atomic E-state index is 0.305. The molecule has 0 fully saturated rings. The molecule has 1 N–H and O–H groups in total. The Labute approximate surface area is 95.4 Å². The standard InChI is InChI=1S/C12H15ClN2/c1-9(15-12-3-2-8-14-12)10-4-6-11(13)7-5-10/h4-7,9H,2-3,8H2,1H3,(H,14,15). The van der Waals surface area contributed by atoms with E-state index in [0.29, 0.717) is 6.04 Å². The number of hydrogen-bond donors (Lipinski definition) is 1. The normalized spacial score (nSPS) is 17.3. The fraction of sp³-hybridized carbons (Fsp3) is 0.417. The maximum Gasteiger partial charge on any atom is 0.0968 e. The monoisotopic (exact) mass is 222 g/mol. The lowest BCUT2D eigenvalue weighted by Gasteiger charge is -2.15. The summed E-state index contributed by atoms with van der Waals surface area (Å²) in [6.07, 6.45) is 2.26. The Kier molecular flexibility index (Phi) is 3.27. The number of amidine groups is 1. The van der Waals surface area contributed by atoms with Crippen LogP contribution in [0.2, 0.25) is 5.02 Å². The first-order valence-corrected chi connectivity index (χ1v) is 5.69. The van der Waals surface area contributed by atoms with E-state index >= 15 is 0 Å². The van der Waals surface area contributed by atoms with Crippen molar-refractivity contribution >= 4 is 17.4 Å². The van der Waals surface area contributed by atoms with Gasteiger partial charge in [0.2, 0.25) is 0 Å². The molecule has 0 bridgehead atoms. The van der Waals surface area contributed by atoms with Gasteiger partial charge in [0.1, 0.15) is 0 Å². The number of halogens is 1. The SMILES string of the molecule is CC(NC1=NCCC1)c1ccc(Cl)cc1. The Morgan fingerprint density at radius 2 is 2.07 bits per heavy atom. The van der Waals surface area contributed by atoms with Gasteiger partial charge < -0.3 is 5.32 Å². The van der Waals surface area contributed by atoms with E-state index < -0.39 is 0 Å². The molecule has 2 rings (SSSR count). The number of benzene rings is 1. The number of nitrogens with one attached hydrogen (secondary N) is 1. The van der Waals surface area contributed by atoms with E-state index in [1.54, 1.807) is 0 Å². The number of rotatable bonds is 2. The fourth-order valence-electron chi connectivity index (χ4n) is 1.74. The van der Waals surface area contributed by atoms with Crippen molar-refractivity contribution in [2.24, 2.45) is 4.99 Å². The van der Waals surface area contributed by atoms with Crippen molar-refractivity contribution in [3.8, 4) is 0 Å². The van der Waals surface area contributed by atoms with Gasteiger partial charge in [-0.25, -0.2) is 0 Å². The third-order valence-corrected chi connectivity index (χ3v) is 2.88. The molecule has 0 aromatic heterocycles. The van der Waals surface area contributed by atoms with Crippen molar-refractivity contribution in [2.75, 3.05) is 6.54 Å². The topological polar surface area (TPSA) is 24.4 Å². The Morgan fingerprint density at radius 3 is 2.67 bits per heavy atom. The van der Waals surface area contributed by atoms with Crippen molar-refractivity contribution in [1.29, 1.82) is 0 Å². The summed E-state index contributed by atoms with van der Waals surface area (Å²) in [4.78, 5) is 4.40. The molecule has 0 saturated carbocycles. The summed E-state index contributed by atoms with van der Waals surface area (Å²) in [7, 11) is 0. The first-order valence-electron chi connectivity index (χ1n) is 5.31. The van der Waals surface area contributed by atoms with Gasteiger partial charge in [0.25, 0.3) is 0 Å². The molecular weight excluding hydrogens is 208 g/mol. The predicted molar refractivity (Wildman–Crippen MR) is 64.5 cm³/mol. The average molecular weight is 223 g/mol. The van der Waals surface area contributed by atoms with E-state index in [2.05, 4.69) is 29.4 Å². The van der Waals surface area contributed by atoms with Gasteiger partial charge in [-0.3, -0.25) is 4.99 Å². The minimum absolute atomic E-state index is 0.305. The lowest BCUT2D eigenvalue weighted by Crippen LogP contribution is -2.24. The summed E-state index contributed by atoms with van der Waals surface area (Å²) in [5, 5.41) is 4.20. The molecule has 0 saturated heterocycles. The highest BCUT2D eigenvalue weighted by molar-refractivity contribution is 6.30. The Morgan fingerprint density at radius 1 is 1.33 bits per heavy atom. The molecule has 0 aliphatic carbocycles. The minimum Gasteiger partial charge on any atom is -0.367 e. The van der Waals surface area contributed by atoms with Crippen LogP contribution in [-0.2, 0) is 0 Å². The molecule has 2 nitrogen and oxygen atoms in total. The highest BCUT2D eigenvalue weighted by Gasteiger charge is 2.10. The molecule has 1 unspecified atom stereocenters. The average Bonchev–Trinajstić information content (AvgIpc) is 2.71. The van der Waals surface area contributed by atoms with Crippen LogP contribution in [0.4, 0.5) is 0 Å². The largest absolute Gasteiger partial charge is 0.367 e. The van der Waals surface area contributed by atoms with Crippen molar-refractivity contribution in [2.45, 2.75) is 25.8 Å². The van der Waals surface area contributed by atoms with Gasteiger partial charge in [-0.2, -0.15) is 0 Å². The van der Waals surface area contributed by atoms with Crippen LogP contribution in [0.5, 0.6) is 0 Å². The van der Waals surface area contributed by atoms with E-state index in [9.17, 15) is 0 Å². The summed E-state index contributed by atoms with van der Waals surface area (Å²) in [5.74, 6) is 1.14. The third-order valence-electron chi connectivity index (χ3n) is 2.63. The molecule has 0 spiro atoms. The van der Waals surface area contributed by atoms with Crippen LogP contribution < -0.4 is 5.32 Å². The molecule has 1 aromatic carbocycles. The summed E-state index contributed by atoms with van der Waals surface area (Å²) < 4.78 is 0. The van der Waals surface area contributed by atoms with Gasteiger partial charge in [-0.1, -0.05) is 23.7 Å². The molecule has 1 aromatic rings. The lowest BCUT2D eigenvalue weighted by molar-refractivity contribution is 0.709. The molecule has 0 amide bonds. The molecule has 1 heterocycles. The summed E-state index contributed by atoms with van der Waals surface area (Å²) in [6.45, 7) is 3.11. The molecule has 15 heavy (non-hydrogen) atoms. The van der Waals surface area contributed by atoms with E-state index in [1.165, 1.54) is 12.0 Å². The van der Waals surface area contributed by atoms with Crippen molar-refractivity contribution < 1.29 is 0 Å². The zero-order valence-electron chi connectivity index (χ0n) is 8.83. The molecule has 3 heteroatoms. The summed E-state index contributed by atoms with van der Waals surface area (Å²) in [6, 6.07) is 8.25. The van der Waals surface area contributed by atoms with Crippen LogP contribution in [0, 0.1) is 0 Å². The van der Waals surface area contributed by atoms with Crippen LogP contribution in [0.15, 0.2) is 29.3 Å². The Balaban J connectivity index is 2.00. The molecular formula is C12H15ClN2. The first kappa shape index (κ1) is 10.5. The van der Waals surface area contributed by atoms with Crippen molar-refractivity contribution in [1.82, 2.24) is 5.32 Å². The molecule has 1 aliphatic rings. The zero-order valence-corrected chi connectivity index (χ0v) is 9.59. The van der Waals surface area contributed by atoms with Crippen LogP contribution in [0.1, 0.15) is 31.4 Å². The lowest BCUT2D eigenvalue weighted by atomic mass is 10.1. The first-order chi connectivity index (χ1) is 7.25. The summed E-state index contributed by atoms with van der Waals surface area (Å²) >= 11 is 5.84. The number of aliphatic imine (C=N–C) groups is 1. The molecule has 1 aliphatic heterocycles. The second-order valence-electron chi connectivity index (χ2n) is 3.85. The third kappa shape index (κ3) is 2.72. The number of nitrogens with zero attached hydrogens (tertiary/aromatic N) is 1. The van der Waals surface area contributed by atoms with Gasteiger partial charge in [0, 0.05) is 24.0 Å². The van der Waals surface area contributed by atoms with E-state index in [1.807, 2.05) is 12.1 Å². The van der Waals surface area contributed by atoms with Crippen LogP contribution in [0.25, 0.3) is 0 Å². The Hall–Kier alpha value is -1.02. The van der Waals surface area contributed by atoms with E-state index in [4.69, 9.17) is 11.6 Å². The smallest absolute Gasteiger partial charge is 0.0968 e. The highest BCUT2D eigenvalue weighted by atomic mass is 35.5. The van der Waals surface area contributed by atoms with E-state index in [-0.39, 0.29) is 0 Å². The van der Waals surface area contributed by atoms with Gasteiger partial charge in [0.15, 0.2) is 0 Å². The van der Waals surface area contributed by atoms with Gasteiger partial charge in [-0.15, -0.1) is 0 Å². The summed E-state index contributed by atoms with van der Waals surface area (Å²) in [5.41, 5.74) is 1.24. The van der Waals surface area contributed by atoms with Crippen LogP contribution >= 0.6 is 11.6 Å². The molecule has 0 radical (unpaired) electrons. The van der Waals surface area contributed by atoms with Gasteiger partial charge >= 0.3 is 0 Å². The zero-order chi connectivity index (χ0) is 10.7. The van der Waals surface area contributed by atoms with Crippen molar-refractivity contribution in [3.05, 3.63) is 34.9 Å². The van der Waals surface area contributed by atoms with Gasteiger partial charge in [-0.05, 0) is 31.0 Å². The fourth-order valence-corrected chi connectivity index (χ4v) is 1.87. The Bertz CT molecular complexity index is 356. The molecule has 1 atom stereocenters. The van der Waals surface area contributed by atoms with Gasteiger partial charge in [0.05, 0.1) is 5.84 Å². The predicted octanol–water partition coefficient (Wildman–Crippen LogP) is 3.18. The quantitative estimate of drug-likeness (QED) is 0.817. The van der Waals surface area contributed by atoms with Crippen molar-refractivity contribution in [3.63, 3.8) is 0 Å². The maximum absolute atomic E-state index is 5.84. The second kappa shape index (κ2) is 4.67. The maximum atomic E-state index is 5.84. The molecule has 80 valence electrons. The number of hydrogen-bond acceptors (Lipinski definition) is 2. The van der Waals surface area contributed by atoms with Crippen LogP contribution in [-0.4, -0.2) is 12.4 Å². The van der Waals surface area contributed by atoms with E-state index in [0.717, 1.165) is 23.8 Å².